The van der Waals surface area contributed by atoms with Gasteiger partial charge in [0.1, 0.15) is 0 Å². The van der Waals surface area contributed by atoms with Gasteiger partial charge in [-0.15, -0.1) is 5.10 Å². The molecule has 0 unspecified atom stereocenters. The third kappa shape index (κ3) is 3.07. The molecule has 2 aromatic rings. The van der Waals surface area contributed by atoms with E-state index in [0.29, 0.717) is 11.8 Å². The second-order valence-corrected chi connectivity index (χ2v) is 4.18. The Hall–Kier alpha value is -1.88. The summed E-state index contributed by atoms with van der Waals surface area (Å²) in [6.45, 7) is 4.81. The number of H-pyrrole nitrogens is 1. The molecule has 5 heteroatoms. The summed E-state index contributed by atoms with van der Waals surface area (Å²) in [6, 6.07) is 5.86. The summed E-state index contributed by atoms with van der Waals surface area (Å²) in [6.07, 6.45) is 0.882. The van der Waals surface area contributed by atoms with Gasteiger partial charge in [0, 0.05) is 30.1 Å². The number of ether oxygens (including phenoxy) is 1. The number of rotatable bonds is 5. The topological polar surface area (TPSA) is 62.8 Å². The first-order chi connectivity index (χ1) is 8.71. The van der Waals surface area contributed by atoms with Crippen LogP contribution in [0, 0.1) is 6.92 Å². The van der Waals surface area contributed by atoms with Crippen LogP contribution >= 0.6 is 0 Å². The maximum Gasteiger partial charge on any atom is 0.240 e. The van der Waals surface area contributed by atoms with E-state index in [1.807, 2.05) is 26.1 Å². The van der Waals surface area contributed by atoms with Gasteiger partial charge in [0.25, 0.3) is 0 Å². The van der Waals surface area contributed by atoms with Crippen molar-refractivity contribution in [2.24, 2.45) is 0 Å². The molecule has 2 heterocycles. The van der Waals surface area contributed by atoms with Crippen molar-refractivity contribution < 1.29 is 4.74 Å². The Labute approximate surface area is 107 Å². The number of aryl methyl sites for hydroxylation is 2. The molecule has 0 aliphatic heterocycles. The molecule has 96 valence electrons. The fourth-order valence-electron chi connectivity index (χ4n) is 1.71. The lowest BCUT2D eigenvalue weighted by Crippen LogP contribution is -2.06. The van der Waals surface area contributed by atoms with Gasteiger partial charge in [0.15, 0.2) is 0 Å². The fourth-order valence-corrected chi connectivity index (χ4v) is 1.71. The van der Waals surface area contributed by atoms with E-state index in [1.165, 1.54) is 0 Å². The largest absolute Gasteiger partial charge is 0.419 e. The van der Waals surface area contributed by atoms with Crippen molar-refractivity contribution in [2.75, 3.05) is 7.05 Å². The Morgan fingerprint density at radius 3 is 2.72 bits per heavy atom. The molecule has 2 rings (SSSR count). The maximum absolute atomic E-state index is 5.65. The molecule has 0 atom stereocenters. The van der Waals surface area contributed by atoms with E-state index in [4.69, 9.17) is 4.74 Å². The second kappa shape index (κ2) is 5.64. The Morgan fingerprint density at radius 2 is 2.11 bits per heavy atom. The first-order valence-electron chi connectivity index (χ1n) is 6.05. The van der Waals surface area contributed by atoms with Crippen LogP contribution in [0.15, 0.2) is 18.2 Å². The maximum atomic E-state index is 5.65. The molecule has 0 saturated heterocycles. The van der Waals surface area contributed by atoms with Crippen molar-refractivity contribution in [1.29, 1.82) is 0 Å². The van der Waals surface area contributed by atoms with E-state index in [1.54, 1.807) is 0 Å². The molecule has 0 saturated carbocycles. The SMILES string of the molecule is CCc1cc(CNC)cc(Oc2cc(C)[nH]n2)n1. The molecule has 0 aliphatic rings. The van der Waals surface area contributed by atoms with Gasteiger partial charge in [-0.3, -0.25) is 5.10 Å². The average Bonchev–Trinajstić information content (AvgIpc) is 2.75. The number of pyridine rings is 1. The van der Waals surface area contributed by atoms with E-state index >= 15 is 0 Å². The highest BCUT2D eigenvalue weighted by molar-refractivity contribution is 5.28. The van der Waals surface area contributed by atoms with Gasteiger partial charge < -0.3 is 10.1 Å². The molecule has 0 fully saturated rings. The molecule has 18 heavy (non-hydrogen) atoms. The second-order valence-electron chi connectivity index (χ2n) is 4.18. The third-order valence-corrected chi connectivity index (χ3v) is 2.55. The van der Waals surface area contributed by atoms with Gasteiger partial charge in [0.05, 0.1) is 0 Å². The Kier molecular flexibility index (Phi) is 3.94. The molecule has 2 N–H and O–H groups in total. The summed E-state index contributed by atoms with van der Waals surface area (Å²) in [7, 11) is 1.92. The molecule has 0 bridgehead atoms. The highest BCUT2D eigenvalue weighted by Crippen LogP contribution is 2.20. The molecule has 0 radical (unpaired) electrons. The van der Waals surface area contributed by atoms with Gasteiger partial charge in [-0.2, -0.15) is 0 Å². The van der Waals surface area contributed by atoms with Crippen LogP contribution in [0.1, 0.15) is 23.9 Å². The number of nitrogens with one attached hydrogen (secondary N) is 2. The van der Waals surface area contributed by atoms with Crippen LogP contribution in [-0.4, -0.2) is 22.2 Å². The summed E-state index contributed by atoms with van der Waals surface area (Å²) in [5, 5.41) is 10.0. The molecular weight excluding hydrogens is 228 g/mol. The smallest absolute Gasteiger partial charge is 0.240 e. The van der Waals surface area contributed by atoms with Gasteiger partial charge in [0.2, 0.25) is 11.8 Å². The summed E-state index contributed by atoms with van der Waals surface area (Å²) >= 11 is 0. The van der Waals surface area contributed by atoms with Crippen molar-refractivity contribution in [3.05, 3.63) is 35.2 Å². The lowest BCUT2D eigenvalue weighted by Gasteiger charge is -2.07. The van der Waals surface area contributed by atoms with Gasteiger partial charge >= 0.3 is 0 Å². The highest BCUT2D eigenvalue weighted by Gasteiger charge is 2.06. The predicted octanol–water partition coefficient (Wildman–Crippen LogP) is 2.19. The van der Waals surface area contributed by atoms with E-state index < -0.39 is 0 Å². The Balaban J connectivity index is 2.23. The Morgan fingerprint density at radius 1 is 1.28 bits per heavy atom. The normalized spacial score (nSPS) is 10.6. The quantitative estimate of drug-likeness (QED) is 0.849. The number of hydrogen-bond acceptors (Lipinski definition) is 4. The van der Waals surface area contributed by atoms with E-state index in [9.17, 15) is 0 Å². The minimum atomic E-state index is 0.545. The zero-order chi connectivity index (χ0) is 13.0. The molecule has 0 amide bonds. The molecule has 2 aromatic heterocycles. The third-order valence-electron chi connectivity index (χ3n) is 2.55. The monoisotopic (exact) mass is 246 g/mol. The Bertz CT molecular complexity index is 521. The van der Waals surface area contributed by atoms with Crippen LogP contribution in [0.4, 0.5) is 0 Å². The van der Waals surface area contributed by atoms with Crippen LogP contribution in [-0.2, 0) is 13.0 Å². The van der Waals surface area contributed by atoms with Crippen LogP contribution in [0.3, 0.4) is 0 Å². The first kappa shape index (κ1) is 12.6. The fraction of sp³-hybridized carbons (Fsp3) is 0.385. The van der Waals surface area contributed by atoms with Crippen LogP contribution in [0.5, 0.6) is 11.8 Å². The highest BCUT2D eigenvalue weighted by atomic mass is 16.5. The van der Waals surface area contributed by atoms with Crippen LogP contribution in [0.25, 0.3) is 0 Å². The van der Waals surface area contributed by atoms with Gasteiger partial charge in [-0.1, -0.05) is 6.92 Å². The van der Waals surface area contributed by atoms with Crippen LogP contribution in [0.2, 0.25) is 0 Å². The molecule has 0 aliphatic carbocycles. The van der Waals surface area contributed by atoms with Crippen molar-refractivity contribution in [3.63, 3.8) is 0 Å². The lowest BCUT2D eigenvalue weighted by molar-refractivity contribution is 0.440. The summed E-state index contributed by atoms with van der Waals surface area (Å²) in [5.74, 6) is 1.13. The molecule has 0 spiro atoms. The number of aromatic amines is 1. The van der Waals surface area contributed by atoms with E-state index in [2.05, 4.69) is 33.5 Å². The van der Waals surface area contributed by atoms with E-state index in [-0.39, 0.29) is 0 Å². The molecule has 0 aromatic carbocycles. The lowest BCUT2D eigenvalue weighted by atomic mass is 10.2. The summed E-state index contributed by atoms with van der Waals surface area (Å²) in [4.78, 5) is 4.43. The zero-order valence-electron chi connectivity index (χ0n) is 10.9. The van der Waals surface area contributed by atoms with Crippen molar-refractivity contribution in [3.8, 4) is 11.8 Å². The van der Waals surface area contributed by atoms with Gasteiger partial charge in [-0.25, -0.2) is 4.98 Å². The van der Waals surface area contributed by atoms with Crippen molar-refractivity contribution >= 4 is 0 Å². The number of aromatic nitrogens is 3. The summed E-state index contributed by atoms with van der Waals surface area (Å²) < 4.78 is 5.65. The predicted molar refractivity (Wildman–Crippen MR) is 69.8 cm³/mol. The molecular formula is C13H18N4O. The number of hydrogen-bond donors (Lipinski definition) is 2. The van der Waals surface area contributed by atoms with Crippen molar-refractivity contribution in [1.82, 2.24) is 20.5 Å². The van der Waals surface area contributed by atoms with Crippen LogP contribution < -0.4 is 10.1 Å². The minimum Gasteiger partial charge on any atom is -0.419 e. The average molecular weight is 246 g/mol. The van der Waals surface area contributed by atoms with Gasteiger partial charge in [-0.05, 0) is 32.0 Å². The standard InChI is InChI=1S/C13H18N4O/c1-4-11-6-10(8-14-3)7-12(15-11)18-13-5-9(2)16-17-13/h5-7,14H,4,8H2,1-3H3,(H,16,17). The minimum absolute atomic E-state index is 0.545. The number of nitrogens with zero attached hydrogens (tertiary/aromatic N) is 2. The summed E-state index contributed by atoms with van der Waals surface area (Å²) in [5.41, 5.74) is 3.14. The molecule has 5 nitrogen and oxygen atoms in total. The first-order valence-corrected chi connectivity index (χ1v) is 6.05. The van der Waals surface area contributed by atoms with E-state index in [0.717, 1.165) is 29.9 Å². The van der Waals surface area contributed by atoms with Crippen molar-refractivity contribution in [2.45, 2.75) is 26.8 Å². The zero-order valence-corrected chi connectivity index (χ0v) is 10.9.